The molecular weight excluding hydrogens is 598 g/mol. The Morgan fingerprint density at radius 2 is 1.54 bits per heavy atom. The van der Waals surface area contributed by atoms with Crippen molar-refractivity contribution in [2.75, 3.05) is 39.8 Å². The molecule has 2 heterocycles. The fourth-order valence-corrected chi connectivity index (χ4v) is 6.47. The Morgan fingerprint density at radius 1 is 0.935 bits per heavy atom. The van der Waals surface area contributed by atoms with Gasteiger partial charge < -0.3 is 21.7 Å². The number of hydrogen-bond donors (Lipinski definition) is 3. The highest BCUT2D eigenvalue weighted by molar-refractivity contribution is 6.31. The highest BCUT2D eigenvalue weighted by Gasteiger charge is 2.37. The number of carbonyl (C=O) groups excluding carboxylic acids is 2. The Hall–Kier alpha value is -3.04. The van der Waals surface area contributed by atoms with Gasteiger partial charge >= 0.3 is 0 Å². The largest absolute Gasteiger partial charge is 0.402 e. The van der Waals surface area contributed by atoms with Crippen LogP contribution in [0.2, 0.25) is 0 Å². The number of allylic oxidation sites excluding steroid dienone is 5. The molecule has 5 N–H and O–H groups in total. The Kier molecular flexibility index (Phi) is 13.6. The second kappa shape index (κ2) is 16.7. The topological polar surface area (TPSA) is 111 Å². The van der Waals surface area contributed by atoms with Crippen LogP contribution in [0.25, 0.3) is 0 Å². The molecule has 1 saturated carbocycles. The van der Waals surface area contributed by atoms with Crippen LogP contribution in [0.1, 0.15) is 93.9 Å². The van der Waals surface area contributed by atoms with E-state index < -0.39 is 0 Å². The maximum absolute atomic E-state index is 13.5. The minimum Gasteiger partial charge on any atom is -0.402 e. The molecule has 0 aromatic rings. The SMILES string of the molecule is CCC(C)=C(Cl)/C=C\C(C(=O)N1CCC(N2CC[N+](=C(/C(C)=C(\C)CC)N(C)/C(N)=C(\C)C(=O)NC3CC3)CC2C)CC1)=C(/C)N. The van der Waals surface area contributed by atoms with Gasteiger partial charge in [0.1, 0.15) is 6.54 Å². The van der Waals surface area contributed by atoms with Crippen LogP contribution in [-0.2, 0) is 9.59 Å². The van der Waals surface area contributed by atoms with Crippen LogP contribution in [0.4, 0.5) is 0 Å². The predicted molar refractivity (Wildman–Crippen MR) is 190 cm³/mol. The summed E-state index contributed by atoms with van der Waals surface area (Å²) in [4.78, 5) is 32.9. The Bertz CT molecular complexity index is 1340. The molecule has 9 nitrogen and oxygen atoms in total. The number of amidine groups is 1. The van der Waals surface area contributed by atoms with Crippen LogP contribution in [0.15, 0.2) is 56.6 Å². The first kappa shape index (κ1) is 37.4. The summed E-state index contributed by atoms with van der Waals surface area (Å²) >= 11 is 6.40. The lowest BCUT2D eigenvalue weighted by atomic mass is 9.98. The Labute approximate surface area is 282 Å². The van der Waals surface area contributed by atoms with E-state index in [0.29, 0.717) is 52.9 Å². The van der Waals surface area contributed by atoms with Crippen molar-refractivity contribution in [3.8, 4) is 0 Å². The van der Waals surface area contributed by atoms with Crippen LogP contribution < -0.4 is 16.8 Å². The molecule has 1 atom stereocenters. The molecule has 0 bridgehead atoms. The van der Waals surface area contributed by atoms with Gasteiger partial charge in [0.2, 0.25) is 0 Å². The number of nitrogens with one attached hydrogen (secondary N) is 1. The van der Waals surface area contributed by atoms with Gasteiger partial charge in [-0.25, -0.2) is 4.90 Å². The van der Waals surface area contributed by atoms with Gasteiger partial charge in [0, 0.05) is 54.1 Å². The van der Waals surface area contributed by atoms with E-state index in [-0.39, 0.29) is 17.9 Å². The third-order valence-electron chi connectivity index (χ3n) is 10.0. The van der Waals surface area contributed by atoms with Gasteiger partial charge in [0.25, 0.3) is 17.6 Å². The highest BCUT2D eigenvalue weighted by Crippen LogP contribution is 2.25. The first-order valence-corrected chi connectivity index (χ1v) is 17.4. The summed E-state index contributed by atoms with van der Waals surface area (Å²) < 4.78 is 2.43. The van der Waals surface area contributed by atoms with Gasteiger partial charge in [-0.2, -0.15) is 0 Å². The Balaban J connectivity index is 1.74. The quantitative estimate of drug-likeness (QED) is 0.133. The van der Waals surface area contributed by atoms with Crippen LogP contribution in [0.3, 0.4) is 0 Å². The van der Waals surface area contributed by atoms with E-state index in [1.54, 1.807) is 19.1 Å². The fraction of sp³-hybridized carbons (Fsp3) is 0.639. The molecule has 10 heteroatoms. The van der Waals surface area contributed by atoms with E-state index in [2.05, 4.69) is 49.4 Å². The zero-order valence-electron chi connectivity index (χ0n) is 29.8. The maximum atomic E-state index is 13.5. The molecule has 3 fully saturated rings. The van der Waals surface area contributed by atoms with Crippen molar-refractivity contribution in [3.63, 3.8) is 0 Å². The Morgan fingerprint density at radius 3 is 2.07 bits per heavy atom. The summed E-state index contributed by atoms with van der Waals surface area (Å²) in [7, 11) is 1.98. The smallest absolute Gasteiger partial charge is 0.280 e. The van der Waals surface area contributed by atoms with E-state index in [4.69, 9.17) is 23.1 Å². The molecule has 0 aromatic heterocycles. The molecule has 2 amide bonds. The van der Waals surface area contributed by atoms with Crippen LogP contribution in [-0.4, -0.2) is 94.8 Å². The van der Waals surface area contributed by atoms with Gasteiger partial charge in [-0.05, 0) is 92.2 Å². The number of likely N-dealkylation sites (tertiary alicyclic amines) is 1. The zero-order valence-corrected chi connectivity index (χ0v) is 30.6. The van der Waals surface area contributed by atoms with E-state index in [9.17, 15) is 9.59 Å². The lowest BCUT2D eigenvalue weighted by molar-refractivity contribution is -0.551. The fourth-order valence-electron chi connectivity index (χ4n) is 6.28. The molecule has 2 saturated heterocycles. The van der Waals surface area contributed by atoms with E-state index in [0.717, 1.165) is 69.6 Å². The average Bonchev–Trinajstić information content (AvgIpc) is 3.87. The molecule has 2 aliphatic heterocycles. The van der Waals surface area contributed by atoms with Crippen LogP contribution >= 0.6 is 11.6 Å². The molecule has 3 aliphatic rings. The van der Waals surface area contributed by atoms with Gasteiger partial charge in [0.05, 0.1) is 24.7 Å². The van der Waals surface area contributed by atoms with Gasteiger partial charge in [-0.3, -0.25) is 19.1 Å². The number of nitrogens with zero attached hydrogens (tertiary/aromatic N) is 4. The van der Waals surface area contributed by atoms with Crippen molar-refractivity contribution < 1.29 is 14.2 Å². The van der Waals surface area contributed by atoms with Gasteiger partial charge in [-0.1, -0.05) is 36.6 Å². The second-order valence-electron chi connectivity index (χ2n) is 13.4. The monoisotopic (exact) mass is 656 g/mol. The third-order valence-corrected chi connectivity index (χ3v) is 10.5. The highest BCUT2D eigenvalue weighted by atomic mass is 35.5. The minimum absolute atomic E-state index is 0.0335. The first-order valence-electron chi connectivity index (χ1n) is 17.1. The normalized spacial score (nSPS) is 23.3. The number of amides is 2. The molecule has 46 heavy (non-hydrogen) atoms. The van der Waals surface area contributed by atoms with Crippen molar-refractivity contribution in [3.05, 3.63) is 56.6 Å². The molecular formula is C36H59ClN7O2+. The lowest BCUT2D eigenvalue weighted by Gasteiger charge is -2.43. The van der Waals surface area contributed by atoms with Crippen LogP contribution in [0, 0.1) is 0 Å². The first-order chi connectivity index (χ1) is 21.7. The summed E-state index contributed by atoms with van der Waals surface area (Å²) in [6.07, 6.45) is 9.26. The summed E-state index contributed by atoms with van der Waals surface area (Å²) in [6, 6.07) is 0.994. The summed E-state index contributed by atoms with van der Waals surface area (Å²) in [6.45, 7) is 20.4. The van der Waals surface area contributed by atoms with Crippen molar-refractivity contribution in [2.24, 2.45) is 11.5 Å². The van der Waals surface area contributed by atoms with Crippen molar-refractivity contribution in [1.29, 1.82) is 0 Å². The summed E-state index contributed by atoms with van der Waals surface area (Å²) in [5.41, 5.74) is 17.9. The lowest BCUT2D eigenvalue weighted by Crippen LogP contribution is -2.57. The maximum Gasteiger partial charge on any atom is 0.280 e. The average molecular weight is 657 g/mol. The number of nitrogens with two attached hydrogens (primary N) is 2. The second-order valence-corrected chi connectivity index (χ2v) is 13.8. The van der Waals surface area contributed by atoms with Gasteiger partial charge in [-0.15, -0.1) is 0 Å². The number of halogens is 1. The number of likely N-dealkylation sites (N-methyl/N-ethyl adjacent to an activating group) is 1. The van der Waals surface area contributed by atoms with Crippen molar-refractivity contribution in [1.82, 2.24) is 20.0 Å². The van der Waals surface area contributed by atoms with E-state index in [1.165, 1.54) is 11.1 Å². The number of piperidine rings is 1. The third kappa shape index (κ3) is 9.28. The van der Waals surface area contributed by atoms with E-state index in [1.807, 2.05) is 30.7 Å². The molecule has 0 spiro atoms. The summed E-state index contributed by atoms with van der Waals surface area (Å²) in [5.74, 6) is 1.43. The molecule has 256 valence electrons. The zero-order chi connectivity index (χ0) is 34.3. The number of rotatable bonds is 10. The predicted octanol–water partition coefficient (Wildman–Crippen LogP) is 4.95. The molecule has 3 rings (SSSR count). The van der Waals surface area contributed by atoms with Crippen LogP contribution in [0.5, 0.6) is 0 Å². The molecule has 1 aliphatic carbocycles. The number of piperazine rings is 1. The van der Waals surface area contributed by atoms with Crippen molar-refractivity contribution in [2.45, 2.75) is 112 Å². The molecule has 0 radical (unpaired) electrons. The number of hydrogen-bond acceptors (Lipinski definition) is 5. The molecule has 0 aromatic carbocycles. The standard InChI is InChI=1S/C36H58ClN7O2/c1-10-23(3)26(6)35(41(9)33(39)27(7)34(45)40-29-12-13-29)43-20-21-44(25(5)22-43)30-16-18-42(19-17-30)36(46)31(28(8)38)14-15-32(37)24(4)11-2/h14-15,25,29-30H,10-13,16-22H2,1-9H3,(H4-,38,39,40,45,46)/p+1/b15-14-,26-23+,32-24?. The van der Waals surface area contributed by atoms with Gasteiger partial charge in [0.15, 0.2) is 5.82 Å². The van der Waals surface area contributed by atoms with E-state index >= 15 is 0 Å². The minimum atomic E-state index is -0.0875. The summed E-state index contributed by atoms with van der Waals surface area (Å²) in [5, 5.41) is 3.72. The molecule has 1 unspecified atom stereocenters. The number of carbonyl (C=O) groups is 2. The van der Waals surface area contributed by atoms with Crippen molar-refractivity contribution >= 4 is 29.3 Å².